The Kier molecular flexibility index (Phi) is 4.64. The zero-order valence-electron chi connectivity index (χ0n) is 13.5. The van der Waals surface area contributed by atoms with Crippen LogP contribution in [0.1, 0.15) is 48.8 Å². The summed E-state index contributed by atoms with van der Waals surface area (Å²) in [6, 6.07) is 4.46. The molecular formula is C19H27NO. The monoisotopic (exact) mass is 285 g/mol. The number of ether oxygens (including phenoxy) is 1. The fourth-order valence-corrected chi connectivity index (χ4v) is 3.32. The van der Waals surface area contributed by atoms with Crippen LogP contribution in [0.15, 0.2) is 17.7 Å². The van der Waals surface area contributed by atoms with Crippen molar-refractivity contribution < 1.29 is 4.74 Å². The minimum absolute atomic E-state index is 0.821. The molecule has 2 aliphatic heterocycles. The van der Waals surface area contributed by atoms with Gasteiger partial charge in [-0.25, -0.2) is 0 Å². The molecule has 0 unspecified atom stereocenters. The molecule has 0 aliphatic carbocycles. The average molecular weight is 285 g/mol. The quantitative estimate of drug-likeness (QED) is 0.819. The third-order valence-electron chi connectivity index (χ3n) is 4.86. The highest BCUT2D eigenvalue weighted by molar-refractivity contribution is 5.62. The molecule has 2 heteroatoms. The maximum Gasteiger partial charge on any atom is 0.126 e. The molecule has 1 fully saturated rings. The highest BCUT2D eigenvalue weighted by Gasteiger charge is 2.14. The molecule has 0 amide bonds. The fraction of sp³-hybridized carbons (Fsp3) is 0.579. The van der Waals surface area contributed by atoms with Gasteiger partial charge in [-0.05, 0) is 69.5 Å². The summed E-state index contributed by atoms with van der Waals surface area (Å²) in [5, 5.41) is 0. The van der Waals surface area contributed by atoms with Crippen molar-refractivity contribution in [2.24, 2.45) is 0 Å². The predicted octanol–water partition coefficient (Wildman–Crippen LogP) is 4.35. The van der Waals surface area contributed by atoms with Crippen LogP contribution in [0.4, 0.5) is 0 Å². The molecule has 1 saturated heterocycles. The lowest BCUT2D eigenvalue weighted by Gasteiger charge is -2.26. The Labute approximate surface area is 128 Å². The van der Waals surface area contributed by atoms with E-state index in [-0.39, 0.29) is 0 Å². The van der Waals surface area contributed by atoms with Crippen molar-refractivity contribution in [1.29, 1.82) is 0 Å². The minimum atomic E-state index is 0.821. The summed E-state index contributed by atoms with van der Waals surface area (Å²) >= 11 is 0. The van der Waals surface area contributed by atoms with Gasteiger partial charge < -0.3 is 9.64 Å². The normalized spacial score (nSPS) is 19.4. The first-order chi connectivity index (χ1) is 10.2. The number of piperidine rings is 1. The molecular weight excluding hydrogens is 258 g/mol. The first-order valence-electron chi connectivity index (χ1n) is 8.38. The Balaban J connectivity index is 1.70. The molecule has 0 atom stereocenters. The highest BCUT2D eigenvalue weighted by Crippen LogP contribution is 2.30. The molecule has 3 rings (SSSR count). The SMILES string of the molecule is Cc1cc2c(cc1C)OCCC(CCN1CCCCC1)=C2. The van der Waals surface area contributed by atoms with Crippen LogP contribution in [0.5, 0.6) is 5.75 Å². The van der Waals surface area contributed by atoms with Crippen LogP contribution in [0.3, 0.4) is 0 Å². The van der Waals surface area contributed by atoms with Crippen LogP contribution >= 0.6 is 0 Å². The highest BCUT2D eigenvalue weighted by atomic mass is 16.5. The third-order valence-corrected chi connectivity index (χ3v) is 4.86. The lowest BCUT2D eigenvalue weighted by Crippen LogP contribution is -2.30. The first-order valence-corrected chi connectivity index (χ1v) is 8.38. The van der Waals surface area contributed by atoms with E-state index < -0.39 is 0 Å². The van der Waals surface area contributed by atoms with Crippen molar-refractivity contribution in [2.45, 2.75) is 46.0 Å². The number of benzene rings is 1. The zero-order chi connectivity index (χ0) is 14.7. The van der Waals surface area contributed by atoms with E-state index in [0.29, 0.717) is 0 Å². The van der Waals surface area contributed by atoms with Crippen molar-refractivity contribution in [2.75, 3.05) is 26.2 Å². The van der Waals surface area contributed by atoms with Crippen LogP contribution in [0.25, 0.3) is 6.08 Å². The standard InChI is InChI=1S/C19H27NO/c1-15-12-18-14-17(6-10-20-8-4-3-5-9-20)7-11-21-19(18)13-16(15)2/h12-14H,3-11H2,1-2H3. The number of likely N-dealkylation sites (tertiary alicyclic amines) is 1. The number of rotatable bonds is 3. The molecule has 0 saturated carbocycles. The second-order valence-electron chi connectivity index (χ2n) is 6.53. The zero-order valence-corrected chi connectivity index (χ0v) is 13.5. The van der Waals surface area contributed by atoms with E-state index in [1.165, 1.54) is 62.0 Å². The van der Waals surface area contributed by atoms with Gasteiger partial charge >= 0.3 is 0 Å². The topological polar surface area (TPSA) is 12.5 Å². The van der Waals surface area contributed by atoms with Gasteiger partial charge in [0.2, 0.25) is 0 Å². The lowest BCUT2D eigenvalue weighted by atomic mass is 10.0. The van der Waals surface area contributed by atoms with Gasteiger partial charge in [-0.1, -0.05) is 18.1 Å². The van der Waals surface area contributed by atoms with Crippen LogP contribution < -0.4 is 4.74 Å². The van der Waals surface area contributed by atoms with Crippen molar-refractivity contribution in [3.05, 3.63) is 34.4 Å². The molecule has 1 aromatic carbocycles. The molecule has 2 heterocycles. The van der Waals surface area contributed by atoms with E-state index >= 15 is 0 Å². The smallest absolute Gasteiger partial charge is 0.126 e. The Morgan fingerprint density at radius 3 is 2.62 bits per heavy atom. The summed E-state index contributed by atoms with van der Waals surface area (Å²) in [6.07, 6.45) is 8.81. The number of fused-ring (bicyclic) bond motifs is 1. The van der Waals surface area contributed by atoms with E-state index in [9.17, 15) is 0 Å². The van der Waals surface area contributed by atoms with Crippen molar-refractivity contribution in [1.82, 2.24) is 4.90 Å². The average Bonchev–Trinajstić information content (AvgIpc) is 2.69. The lowest BCUT2D eigenvalue weighted by molar-refractivity contribution is 0.230. The summed E-state index contributed by atoms with van der Waals surface area (Å²) in [6.45, 7) is 8.96. The third kappa shape index (κ3) is 3.68. The minimum Gasteiger partial charge on any atom is -0.493 e. The number of hydrogen-bond acceptors (Lipinski definition) is 2. The van der Waals surface area contributed by atoms with E-state index in [4.69, 9.17) is 4.74 Å². The molecule has 21 heavy (non-hydrogen) atoms. The van der Waals surface area contributed by atoms with E-state index in [2.05, 4.69) is 37.0 Å². The maximum atomic E-state index is 5.94. The van der Waals surface area contributed by atoms with E-state index in [0.717, 1.165) is 18.8 Å². The fourth-order valence-electron chi connectivity index (χ4n) is 3.32. The second kappa shape index (κ2) is 6.65. The Bertz CT molecular complexity index is 527. The Hall–Kier alpha value is -1.28. The summed E-state index contributed by atoms with van der Waals surface area (Å²) < 4.78 is 5.94. The van der Waals surface area contributed by atoms with E-state index in [1.807, 2.05) is 0 Å². The van der Waals surface area contributed by atoms with Gasteiger partial charge in [0.1, 0.15) is 5.75 Å². The number of aryl methyl sites for hydroxylation is 2. The van der Waals surface area contributed by atoms with Gasteiger partial charge in [0.05, 0.1) is 6.61 Å². The maximum absolute atomic E-state index is 5.94. The second-order valence-corrected chi connectivity index (χ2v) is 6.53. The summed E-state index contributed by atoms with van der Waals surface area (Å²) in [5.74, 6) is 1.06. The molecule has 0 radical (unpaired) electrons. The van der Waals surface area contributed by atoms with Gasteiger partial charge in [-0.3, -0.25) is 0 Å². The van der Waals surface area contributed by atoms with Crippen LogP contribution in [0, 0.1) is 13.8 Å². The van der Waals surface area contributed by atoms with Gasteiger partial charge in [0.15, 0.2) is 0 Å². The van der Waals surface area contributed by atoms with E-state index in [1.54, 1.807) is 5.57 Å². The van der Waals surface area contributed by atoms with Crippen LogP contribution in [-0.2, 0) is 0 Å². The Morgan fingerprint density at radius 1 is 1.05 bits per heavy atom. The van der Waals surface area contributed by atoms with Crippen molar-refractivity contribution in [3.63, 3.8) is 0 Å². The molecule has 0 spiro atoms. The molecule has 114 valence electrons. The van der Waals surface area contributed by atoms with Gasteiger partial charge in [0.25, 0.3) is 0 Å². The molecule has 0 N–H and O–H groups in total. The van der Waals surface area contributed by atoms with Gasteiger partial charge in [-0.2, -0.15) is 0 Å². The number of nitrogens with zero attached hydrogens (tertiary/aromatic N) is 1. The van der Waals surface area contributed by atoms with Gasteiger partial charge in [0, 0.05) is 18.5 Å². The van der Waals surface area contributed by atoms with Crippen molar-refractivity contribution >= 4 is 6.08 Å². The van der Waals surface area contributed by atoms with Crippen LogP contribution in [-0.4, -0.2) is 31.1 Å². The summed E-state index contributed by atoms with van der Waals surface area (Å²) in [4.78, 5) is 2.62. The van der Waals surface area contributed by atoms with Crippen LogP contribution in [0.2, 0.25) is 0 Å². The summed E-state index contributed by atoms with van der Waals surface area (Å²) in [7, 11) is 0. The Morgan fingerprint density at radius 2 is 1.81 bits per heavy atom. The molecule has 2 nitrogen and oxygen atoms in total. The molecule has 0 bridgehead atoms. The predicted molar refractivity (Wildman–Crippen MR) is 88.9 cm³/mol. The largest absolute Gasteiger partial charge is 0.493 e. The van der Waals surface area contributed by atoms with Gasteiger partial charge in [-0.15, -0.1) is 0 Å². The molecule has 0 aromatic heterocycles. The number of hydrogen-bond donors (Lipinski definition) is 0. The summed E-state index contributed by atoms with van der Waals surface area (Å²) in [5.41, 5.74) is 5.48. The first kappa shape index (κ1) is 14.6. The van der Waals surface area contributed by atoms with Crippen molar-refractivity contribution in [3.8, 4) is 5.75 Å². The molecule has 2 aliphatic rings. The molecule has 1 aromatic rings.